The maximum absolute atomic E-state index is 12.1. The summed E-state index contributed by atoms with van der Waals surface area (Å²) in [6.07, 6.45) is 5.62. The SMILES string of the molecule is C/C1=C/[C@H](O)[C@H](O)/C(C)=C\C[C@@]2(C)OC(=O)C=C(C(C)C)[C@@H]2CC1. The van der Waals surface area contributed by atoms with Crippen LogP contribution in [0, 0.1) is 11.8 Å². The first-order valence-electron chi connectivity index (χ1n) is 8.78. The largest absolute Gasteiger partial charge is 0.455 e. The maximum Gasteiger partial charge on any atom is 0.331 e. The van der Waals surface area contributed by atoms with Gasteiger partial charge in [-0.15, -0.1) is 0 Å². The van der Waals surface area contributed by atoms with Crippen LogP contribution in [0.3, 0.4) is 0 Å². The van der Waals surface area contributed by atoms with Crippen LogP contribution in [0.2, 0.25) is 0 Å². The fourth-order valence-corrected chi connectivity index (χ4v) is 3.74. The Morgan fingerprint density at radius 2 is 1.96 bits per heavy atom. The molecule has 0 unspecified atom stereocenters. The van der Waals surface area contributed by atoms with Crippen LogP contribution in [0.5, 0.6) is 0 Å². The van der Waals surface area contributed by atoms with Gasteiger partial charge in [0.25, 0.3) is 0 Å². The third-order valence-corrected chi connectivity index (χ3v) is 5.33. The van der Waals surface area contributed by atoms with Crippen molar-refractivity contribution in [2.24, 2.45) is 11.8 Å². The minimum atomic E-state index is -0.931. The van der Waals surface area contributed by atoms with E-state index in [1.807, 2.05) is 19.9 Å². The Labute approximate surface area is 144 Å². The van der Waals surface area contributed by atoms with Crippen LogP contribution >= 0.6 is 0 Å². The Hall–Kier alpha value is -1.39. The number of hydrogen-bond acceptors (Lipinski definition) is 4. The number of aliphatic hydroxyl groups excluding tert-OH is 2. The van der Waals surface area contributed by atoms with Crippen LogP contribution < -0.4 is 0 Å². The molecule has 0 aromatic heterocycles. The number of aliphatic hydroxyl groups is 2. The highest BCUT2D eigenvalue weighted by Crippen LogP contribution is 2.42. The number of allylic oxidation sites excluding steroid dienone is 1. The summed E-state index contributed by atoms with van der Waals surface area (Å²) in [6.45, 7) is 9.96. The Balaban J connectivity index is 2.46. The highest BCUT2D eigenvalue weighted by molar-refractivity contribution is 5.84. The van der Waals surface area contributed by atoms with Crippen molar-refractivity contribution in [3.05, 3.63) is 34.9 Å². The number of esters is 1. The van der Waals surface area contributed by atoms with Gasteiger partial charge in [-0.25, -0.2) is 4.79 Å². The molecule has 0 spiro atoms. The molecule has 1 heterocycles. The van der Waals surface area contributed by atoms with Crippen molar-refractivity contribution in [2.75, 3.05) is 0 Å². The van der Waals surface area contributed by atoms with E-state index < -0.39 is 17.8 Å². The predicted octanol–water partition coefficient (Wildman–Crippen LogP) is 3.30. The Kier molecular flexibility index (Phi) is 5.71. The third kappa shape index (κ3) is 3.98. The summed E-state index contributed by atoms with van der Waals surface area (Å²) in [5, 5.41) is 20.4. The number of fused-ring (bicyclic) bond motifs is 1. The van der Waals surface area contributed by atoms with Crippen LogP contribution in [0.1, 0.15) is 53.9 Å². The molecular weight excluding hydrogens is 304 g/mol. The van der Waals surface area contributed by atoms with Crippen LogP contribution in [0.4, 0.5) is 0 Å². The number of carbonyl (C=O) groups excluding carboxylic acids is 1. The Bertz CT molecular complexity index is 584. The van der Waals surface area contributed by atoms with E-state index in [9.17, 15) is 15.0 Å². The molecule has 2 rings (SSSR count). The summed E-state index contributed by atoms with van der Waals surface area (Å²) < 4.78 is 5.75. The zero-order chi connectivity index (χ0) is 18.1. The Morgan fingerprint density at radius 1 is 1.29 bits per heavy atom. The van der Waals surface area contributed by atoms with E-state index in [2.05, 4.69) is 13.8 Å². The molecule has 0 amide bonds. The van der Waals surface area contributed by atoms with E-state index in [1.54, 1.807) is 19.1 Å². The van der Waals surface area contributed by atoms with E-state index in [-0.39, 0.29) is 17.8 Å². The summed E-state index contributed by atoms with van der Waals surface area (Å²) in [4.78, 5) is 12.1. The lowest BCUT2D eigenvalue weighted by Gasteiger charge is -2.42. The first kappa shape index (κ1) is 18.9. The summed E-state index contributed by atoms with van der Waals surface area (Å²) in [5.41, 5.74) is 2.25. The molecule has 0 radical (unpaired) electrons. The van der Waals surface area contributed by atoms with Crippen molar-refractivity contribution in [2.45, 2.75) is 71.7 Å². The minimum absolute atomic E-state index is 0.134. The average Bonchev–Trinajstić information content (AvgIpc) is 2.50. The van der Waals surface area contributed by atoms with Crippen molar-refractivity contribution in [1.29, 1.82) is 0 Å². The van der Waals surface area contributed by atoms with Gasteiger partial charge in [0.15, 0.2) is 0 Å². The molecule has 1 aliphatic heterocycles. The van der Waals surface area contributed by atoms with Gasteiger partial charge < -0.3 is 14.9 Å². The molecule has 0 saturated carbocycles. The zero-order valence-corrected chi connectivity index (χ0v) is 15.4. The highest BCUT2D eigenvalue weighted by atomic mass is 16.6. The molecule has 0 aromatic rings. The third-order valence-electron chi connectivity index (χ3n) is 5.33. The van der Waals surface area contributed by atoms with Gasteiger partial charge in [0.05, 0.1) is 0 Å². The van der Waals surface area contributed by atoms with Crippen molar-refractivity contribution < 1.29 is 19.7 Å². The molecule has 0 saturated heterocycles. The molecule has 4 heteroatoms. The van der Waals surface area contributed by atoms with Gasteiger partial charge in [0.2, 0.25) is 0 Å². The normalized spacial score (nSPS) is 39.6. The van der Waals surface area contributed by atoms with Gasteiger partial charge in [-0.1, -0.05) is 37.1 Å². The summed E-state index contributed by atoms with van der Waals surface area (Å²) in [5.74, 6) is 0.124. The second-order valence-corrected chi connectivity index (χ2v) is 7.72. The second kappa shape index (κ2) is 7.24. The summed E-state index contributed by atoms with van der Waals surface area (Å²) in [7, 11) is 0. The van der Waals surface area contributed by atoms with Crippen molar-refractivity contribution >= 4 is 5.97 Å². The van der Waals surface area contributed by atoms with E-state index in [0.717, 1.165) is 24.0 Å². The molecule has 24 heavy (non-hydrogen) atoms. The van der Waals surface area contributed by atoms with E-state index >= 15 is 0 Å². The van der Waals surface area contributed by atoms with E-state index in [0.29, 0.717) is 12.0 Å². The number of hydrogen-bond donors (Lipinski definition) is 2. The van der Waals surface area contributed by atoms with Gasteiger partial charge in [0.1, 0.15) is 17.8 Å². The number of ether oxygens (including phenoxy) is 1. The summed E-state index contributed by atoms with van der Waals surface area (Å²) in [6, 6.07) is 0. The topological polar surface area (TPSA) is 66.8 Å². The van der Waals surface area contributed by atoms with Gasteiger partial charge in [0, 0.05) is 18.4 Å². The van der Waals surface area contributed by atoms with Crippen molar-refractivity contribution in [3.8, 4) is 0 Å². The fourth-order valence-electron chi connectivity index (χ4n) is 3.74. The van der Waals surface area contributed by atoms with E-state index in [1.165, 1.54) is 0 Å². The van der Waals surface area contributed by atoms with Crippen LogP contribution in [-0.4, -0.2) is 34.0 Å². The maximum atomic E-state index is 12.1. The molecule has 2 N–H and O–H groups in total. The van der Waals surface area contributed by atoms with Crippen LogP contribution in [-0.2, 0) is 9.53 Å². The summed E-state index contributed by atoms with van der Waals surface area (Å²) >= 11 is 0. The molecule has 0 aromatic carbocycles. The number of rotatable bonds is 1. The highest BCUT2D eigenvalue weighted by Gasteiger charge is 2.43. The fraction of sp³-hybridized carbons (Fsp3) is 0.650. The molecule has 0 bridgehead atoms. The monoisotopic (exact) mass is 334 g/mol. The molecular formula is C20H30O4. The molecule has 0 fully saturated rings. The standard InChI is InChI=1S/C20H30O4/c1-12(2)15-11-18(22)24-20(5)9-8-14(4)19(23)17(21)10-13(3)6-7-16(15)20/h8,10-12,16-17,19,21,23H,6-7,9H2,1-5H3/b13-10-,14-8-/t16-,17-,19+,20+/m0/s1. The second-order valence-electron chi connectivity index (χ2n) is 7.72. The number of carbonyl (C=O) groups is 1. The van der Waals surface area contributed by atoms with E-state index in [4.69, 9.17) is 4.74 Å². The first-order valence-corrected chi connectivity index (χ1v) is 8.78. The lowest BCUT2D eigenvalue weighted by Crippen LogP contribution is -2.44. The molecule has 4 atom stereocenters. The zero-order valence-electron chi connectivity index (χ0n) is 15.4. The average molecular weight is 334 g/mol. The van der Waals surface area contributed by atoms with Gasteiger partial charge >= 0.3 is 5.97 Å². The smallest absolute Gasteiger partial charge is 0.331 e. The lowest BCUT2D eigenvalue weighted by atomic mass is 9.72. The van der Waals surface area contributed by atoms with Gasteiger partial charge in [-0.05, 0) is 45.1 Å². The Morgan fingerprint density at radius 3 is 2.58 bits per heavy atom. The quantitative estimate of drug-likeness (QED) is 0.570. The molecule has 2 aliphatic rings. The molecule has 134 valence electrons. The minimum Gasteiger partial charge on any atom is -0.455 e. The van der Waals surface area contributed by atoms with Crippen molar-refractivity contribution in [1.82, 2.24) is 0 Å². The van der Waals surface area contributed by atoms with Gasteiger partial charge in [-0.2, -0.15) is 0 Å². The van der Waals surface area contributed by atoms with Crippen LogP contribution in [0.15, 0.2) is 34.9 Å². The van der Waals surface area contributed by atoms with Gasteiger partial charge in [-0.3, -0.25) is 0 Å². The lowest BCUT2D eigenvalue weighted by molar-refractivity contribution is -0.159. The predicted molar refractivity (Wildman–Crippen MR) is 94.3 cm³/mol. The molecule has 4 nitrogen and oxygen atoms in total. The van der Waals surface area contributed by atoms with Crippen LogP contribution in [0.25, 0.3) is 0 Å². The van der Waals surface area contributed by atoms with Crippen molar-refractivity contribution in [3.63, 3.8) is 0 Å². The first-order chi connectivity index (χ1) is 11.1. The molecule has 1 aliphatic carbocycles.